The fourth-order valence-electron chi connectivity index (χ4n) is 2.34. The number of hydrogen-bond acceptors (Lipinski definition) is 0. The molecule has 0 saturated heterocycles. The van der Waals surface area contributed by atoms with Gasteiger partial charge in [-0.1, -0.05) is 26.0 Å². The van der Waals surface area contributed by atoms with Crippen LogP contribution < -0.4 is 0 Å². The molecule has 1 heteroatoms. The molecule has 13 heavy (non-hydrogen) atoms. The molecule has 1 aromatic rings. The van der Waals surface area contributed by atoms with Crippen molar-refractivity contribution < 1.29 is 4.39 Å². The van der Waals surface area contributed by atoms with Gasteiger partial charge in [-0.2, -0.15) is 0 Å². The number of aryl methyl sites for hydroxylation is 1. The summed E-state index contributed by atoms with van der Waals surface area (Å²) in [6, 6.07) is 5.45. The normalized spacial score (nSPS) is 26.1. The van der Waals surface area contributed by atoms with Crippen molar-refractivity contribution >= 4 is 0 Å². The average Bonchev–Trinajstić information content (AvgIpc) is 2.47. The third kappa shape index (κ3) is 1.18. The van der Waals surface area contributed by atoms with Crippen LogP contribution in [0.1, 0.15) is 37.8 Å². The van der Waals surface area contributed by atoms with Crippen LogP contribution in [-0.2, 0) is 11.8 Å². The summed E-state index contributed by atoms with van der Waals surface area (Å²) in [5.41, 5.74) is 2.27. The summed E-state index contributed by atoms with van der Waals surface area (Å²) in [5.74, 6) is -0.0145. The van der Waals surface area contributed by atoms with Crippen LogP contribution in [0.3, 0.4) is 0 Å². The highest BCUT2D eigenvalue weighted by Gasteiger charge is 2.34. The van der Waals surface area contributed by atoms with Crippen molar-refractivity contribution in [2.24, 2.45) is 0 Å². The summed E-state index contributed by atoms with van der Waals surface area (Å²) in [7, 11) is 0. The van der Waals surface area contributed by atoms with Gasteiger partial charge in [0.15, 0.2) is 0 Å². The maximum Gasteiger partial charge on any atom is 0.127 e. The molecule has 1 aliphatic carbocycles. The number of benzene rings is 1. The van der Waals surface area contributed by atoms with Gasteiger partial charge in [-0.15, -0.1) is 0 Å². The minimum Gasteiger partial charge on any atom is -0.207 e. The lowest BCUT2D eigenvalue weighted by molar-refractivity contribution is 0.431. The smallest absolute Gasteiger partial charge is 0.127 e. The van der Waals surface area contributed by atoms with Gasteiger partial charge in [0.1, 0.15) is 5.82 Å². The zero-order chi connectivity index (χ0) is 9.47. The average molecular weight is 178 g/mol. The summed E-state index contributed by atoms with van der Waals surface area (Å²) >= 11 is 0. The van der Waals surface area contributed by atoms with E-state index in [4.69, 9.17) is 0 Å². The van der Waals surface area contributed by atoms with E-state index in [2.05, 4.69) is 19.9 Å². The molecule has 2 rings (SSSR count). The van der Waals surface area contributed by atoms with Gasteiger partial charge in [-0.25, -0.2) is 4.39 Å². The van der Waals surface area contributed by atoms with Crippen LogP contribution in [-0.4, -0.2) is 0 Å². The minimum absolute atomic E-state index is 0.0145. The highest BCUT2D eigenvalue weighted by molar-refractivity contribution is 5.39. The molecule has 0 radical (unpaired) electrons. The quantitative estimate of drug-likeness (QED) is 0.618. The van der Waals surface area contributed by atoms with E-state index in [0.717, 1.165) is 24.8 Å². The molecule has 0 aromatic heterocycles. The standard InChI is InChI=1S/C12H15F/c1-3-12(2)8-7-9-5-4-6-10(13)11(9)12/h4-6H,3,7-8H2,1-2H3. The Balaban J connectivity index is 2.58. The molecule has 0 bridgehead atoms. The molecule has 0 spiro atoms. The Morgan fingerprint density at radius 1 is 1.46 bits per heavy atom. The Labute approximate surface area is 78.8 Å². The third-order valence-electron chi connectivity index (χ3n) is 3.43. The lowest BCUT2D eigenvalue weighted by Gasteiger charge is -2.23. The van der Waals surface area contributed by atoms with Gasteiger partial charge >= 0.3 is 0 Å². The van der Waals surface area contributed by atoms with E-state index in [1.54, 1.807) is 6.07 Å². The maximum atomic E-state index is 13.6. The van der Waals surface area contributed by atoms with Crippen molar-refractivity contribution in [3.63, 3.8) is 0 Å². The van der Waals surface area contributed by atoms with Crippen molar-refractivity contribution in [3.05, 3.63) is 35.1 Å². The Morgan fingerprint density at radius 2 is 2.23 bits per heavy atom. The van der Waals surface area contributed by atoms with E-state index in [0.29, 0.717) is 0 Å². The van der Waals surface area contributed by atoms with Crippen LogP contribution in [0.2, 0.25) is 0 Å². The fraction of sp³-hybridized carbons (Fsp3) is 0.500. The zero-order valence-electron chi connectivity index (χ0n) is 8.23. The molecule has 1 unspecified atom stereocenters. The molecule has 0 N–H and O–H groups in total. The van der Waals surface area contributed by atoms with Crippen molar-refractivity contribution in [1.29, 1.82) is 0 Å². The Bertz CT molecular complexity index is 330. The summed E-state index contributed by atoms with van der Waals surface area (Å²) < 4.78 is 13.6. The van der Waals surface area contributed by atoms with Crippen LogP contribution in [0.25, 0.3) is 0 Å². The molecule has 70 valence electrons. The maximum absolute atomic E-state index is 13.6. The van der Waals surface area contributed by atoms with Crippen LogP contribution in [0, 0.1) is 5.82 Å². The first-order valence-electron chi connectivity index (χ1n) is 4.95. The molecule has 0 heterocycles. The minimum atomic E-state index is -0.0145. The topological polar surface area (TPSA) is 0 Å². The van der Waals surface area contributed by atoms with Crippen molar-refractivity contribution in [2.45, 2.75) is 38.5 Å². The molecule has 0 nitrogen and oxygen atoms in total. The molecule has 1 atom stereocenters. The highest BCUT2D eigenvalue weighted by atomic mass is 19.1. The van der Waals surface area contributed by atoms with Gasteiger partial charge < -0.3 is 0 Å². The van der Waals surface area contributed by atoms with Crippen LogP contribution in [0.4, 0.5) is 4.39 Å². The molecular formula is C12H15F. The number of halogens is 1. The molecule has 0 fully saturated rings. The van der Waals surface area contributed by atoms with Gasteiger partial charge in [0, 0.05) is 0 Å². The Morgan fingerprint density at radius 3 is 2.92 bits per heavy atom. The van der Waals surface area contributed by atoms with Crippen molar-refractivity contribution in [2.75, 3.05) is 0 Å². The SMILES string of the molecule is CCC1(C)CCc2cccc(F)c21. The fourth-order valence-corrected chi connectivity index (χ4v) is 2.34. The predicted octanol–water partition coefficient (Wildman–Crippen LogP) is 3.44. The Kier molecular flexibility index (Phi) is 1.90. The second kappa shape index (κ2) is 2.83. The van der Waals surface area contributed by atoms with E-state index >= 15 is 0 Å². The van der Waals surface area contributed by atoms with Crippen molar-refractivity contribution in [1.82, 2.24) is 0 Å². The summed E-state index contributed by atoms with van der Waals surface area (Å²) in [6.07, 6.45) is 3.16. The number of rotatable bonds is 1. The molecule has 1 aliphatic rings. The van der Waals surface area contributed by atoms with Gasteiger partial charge in [0.05, 0.1) is 0 Å². The van der Waals surface area contributed by atoms with Gasteiger partial charge in [-0.05, 0) is 41.9 Å². The van der Waals surface area contributed by atoms with E-state index in [9.17, 15) is 4.39 Å². The zero-order valence-corrected chi connectivity index (χ0v) is 8.23. The summed E-state index contributed by atoms with van der Waals surface area (Å²) in [5, 5.41) is 0. The van der Waals surface area contributed by atoms with Gasteiger partial charge in [-0.3, -0.25) is 0 Å². The predicted molar refractivity (Wildman–Crippen MR) is 52.4 cm³/mol. The van der Waals surface area contributed by atoms with E-state index in [1.807, 2.05) is 6.07 Å². The molecule has 0 saturated carbocycles. The lowest BCUT2D eigenvalue weighted by atomic mass is 9.81. The molecule has 1 aromatic carbocycles. The van der Waals surface area contributed by atoms with Crippen LogP contribution >= 0.6 is 0 Å². The molecular weight excluding hydrogens is 163 g/mol. The Hall–Kier alpha value is -0.850. The second-order valence-electron chi connectivity index (χ2n) is 4.19. The first-order chi connectivity index (χ1) is 6.17. The van der Waals surface area contributed by atoms with Crippen LogP contribution in [0.15, 0.2) is 18.2 Å². The number of hydrogen-bond donors (Lipinski definition) is 0. The van der Waals surface area contributed by atoms with Crippen LogP contribution in [0.5, 0.6) is 0 Å². The van der Waals surface area contributed by atoms with E-state index in [-0.39, 0.29) is 11.2 Å². The number of fused-ring (bicyclic) bond motifs is 1. The van der Waals surface area contributed by atoms with E-state index < -0.39 is 0 Å². The van der Waals surface area contributed by atoms with E-state index in [1.165, 1.54) is 5.56 Å². The molecule has 0 aliphatic heterocycles. The second-order valence-corrected chi connectivity index (χ2v) is 4.19. The molecule has 0 amide bonds. The largest absolute Gasteiger partial charge is 0.207 e. The lowest BCUT2D eigenvalue weighted by Crippen LogP contribution is -2.17. The summed E-state index contributed by atoms with van der Waals surface area (Å²) in [4.78, 5) is 0. The van der Waals surface area contributed by atoms with Gasteiger partial charge in [0.25, 0.3) is 0 Å². The monoisotopic (exact) mass is 178 g/mol. The first kappa shape index (κ1) is 8.74. The van der Waals surface area contributed by atoms with Gasteiger partial charge in [0.2, 0.25) is 0 Å². The summed E-state index contributed by atoms with van der Waals surface area (Å²) in [6.45, 7) is 4.31. The first-order valence-corrected chi connectivity index (χ1v) is 4.95. The highest BCUT2D eigenvalue weighted by Crippen LogP contribution is 2.42. The van der Waals surface area contributed by atoms with Crippen molar-refractivity contribution in [3.8, 4) is 0 Å². The third-order valence-corrected chi connectivity index (χ3v) is 3.43.